The van der Waals surface area contributed by atoms with Gasteiger partial charge in [-0.1, -0.05) is 22.6 Å². The van der Waals surface area contributed by atoms with Crippen molar-refractivity contribution in [2.45, 2.75) is 0 Å². The summed E-state index contributed by atoms with van der Waals surface area (Å²) in [5.41, 5.74) is 0.962. The highest BCUT2D eigenvalue weighted by molar-refractivity contribution is 14.1. The van der Waals surface area contributed by atoms with E-state index in [9.17, 15) is 0 Å². The summed E-state index contributed by atoms with van der Waals surface area (Å²) in [4.78, 5) is 0. The lowest BCUT2D eigenvalue weighted by Gasteiger charge is -2.09. The Bertz CT molecular complexity index is 366. The van der Waals surface area contributed by atoms with E-state index in [-0.39, 0.29) is 0 Å². The third-order valence-electron chi connectivity index (χ3n) is 1.57. The summed E-state index contributed by atoms with van der Waals surface area (Å²) in [5.74, 6) is 0. The number of nitriles is 1. The molecule has 1 rings (SSSR count). The minimum Gasteiger partial charge on any atom is -0.191 e. The van der Waals surface area contributed by atoms with Gasteiger partial charge in [-0.3, -0.25) is 0 Å². The van der Waals surface area contributed by atoms with E-state index in [1.807, 2.05) is 6.07 Å². The van der Waals surface area contributed by atoms with Crippen LogP contribution in [0.3, 0.4) is 0 Å². The summed E-state index contributed by atoms with van der Waals surface area (Å²) in [7, 11) is -0.811. The highest BCUT2D eigenvalue weighted by Gasteiger charge is 2.16. The van der Waals surface area contributed by atoms with Crippen LogP contribution in [0.1, 0.15) is 5.69 Å². The second-order valence-corrected chi connectivity index (χ2v) is 8.54. The second kappa shape index (κ2) is 6.00. The lowest BCUT2D eigenvalue weighted by atomic mass is 10.4. The lowest BCUT2D eigenvalue weighted by molar-refractivity contribution is 0.994. The average Bonchev–Trinajstić information content (AvgIpc) is 2.22. The predicted octanol–water partition coefficient (Wildman–Crippen LogP) is 1.56. The third-order valence-corrected chi connectivity index (χ3v) is 8.04. The molecule has 1 aromatic rings. The summed E-state index contributed by atoms with van der Waals surface area (Å²) < 4.78 is 1.70. The van der Waals surface area contributed by atoms with E-state index in [1.165, 1.54) is 0 Å². The Kier molecular flexibility index (Phi) is 5.29. The van der Waals surface area contributed by atoms with Gasteiger partial charge in [0.2, 0.25) is 0 Å². The SMILES string of the molecule is N#Cc1cc([Si](CCl)CI)c(Br)nn1. The molecule has 0 unspecified atom stereocenters. The molecule has 0 aliphatic rings. The van der Waals surface area contributed by atoms with Crippen LogP contribution < -0.4 is 5.19 Å². The first-order valence-electron chi connectivity index (χ1n) is 3.63. The summed E-state index contributed by atoms with van der Waals surface area (Å²) in [6.07, 6.45) is 0. The van der Waals surface area contributed by atoms with Crippen LogP contribution in [0, 0.1) is 11.3 Å². The van der Waals surface area contributed by atoms with Crippen LogP contribution in [0.4, 0.5) is 0 Å². The van der Waals surface area contributed by atoms with Gasteiger partial charge in [0.25, 0.3) is 0 Å². The average molecular weight is 401 g/mol. The van der Waals surface area contributed by atoms with E-state index >= 15 is 0 Å². The first-order valence-corrected chi connectivity index (χ1v) is 8.40. The Morgan fingerprint density at radius 1 is 1.64 bits per heavy atom. The van der Waals surface area contributed by atoms with Crippen LogP contribution in [0.5, 0.6) is 0 Å². The number of halogens is 3. The Morgan fingerprint density at radius 3 is 2.86 bits per heavy atom. The van der Waals surface area contributed by atoms with E-state index in [1.54, 1.807) is 6.07 Å². The zero-order valence-corrected chi connectivity index (χ0v) is 12.5. The van der Waals surface area contributed by atoms with Gasteiger partial charge in [-0.15, -0.1) is 21.8 Å². The van der Waals surface area contributed by atoms with Crippen LogP contribution in [-0.4, -0.2) is 28.5 Å². The fourth-order valence-electron chi connectivity index (χ4n) is 0.859. The largest absolute Gasteiger partial charge is 0.191 e. The quantitative estimate of drug-likeness (QED) is 0.439. The maximum atomic E-state index is 8.69. The molecule has 1 aromatic heterocycles. The molecule has 0 fully saturated rings. The van der Waals surface area contributed by atoms with Gasteiger partial charge < -0.3 is 0 Å². The van der Waals surface area contributed by atoms with Crippen LogP contribution in [0.2, 0.25) is 0 Å². The zero-order chi connectivity index (χ0) is 10.6. The van der Waals surface area contributed by atoms with Crippen molar-refractivity contribution in [3.63, 3.8) is 0 Å². The molecule has 14 heavy (non-hydrogen) atoms. The number of aromatic nitrogens is 2. The van der Waals surface area contributed by atoms with E-state index in [2.05, 4.69) is 48.7 Å². The van der Waals surface area contributed by atoms with Crippen molar-refractivity contribution in [1.82, 2.24) is 10.2 Å². The van der Waals surface area contributed by atoms with Gasteiger partial charge in [-0.2, -0.15) is 5.26 Å². The van der Waals surface area contributed by atoms with Crippen molar-refractivity contribution >= 4 is 64.1 Å². The molecule has 0 bridgehead atoms. The molecule has 3 nitrogen and oxygen atoms in total. The van der Waals surface area contributed by atoms with Gasteiger partial charge in [0.05, 0.1) is 0 Å². The summed E-state index contributed by atoms with van der Waals surface area (Å²) >= 11 is 11.5. The molecule has 0 amide bonds. The number of alkyl halides is 2. The monoisotopic (exact) mass is 400 g/mol. The second-order valence-electron chi connectivity index (χ2n) is 2.42. The van der Waals surface area contributed by atoms with Gasteiger partial charge in [-0.25, -0.2) is 0 Å². The fraction of sp³-hybridized carbons (Fsp3) is 0.286. The molecule has 0 saturated heterocycles. The fourth-order valence-corrected chi connectivity index (χ4v) is 6.65. The number of nitrogens with zero attached hydrogens (tertiary/aromatic N) is 3. The van der Waals surface area contributed by atoms with Crippen LogP contribution in [0.25, 0.3) is 0 Å². The highest BCUT2D eigenvalue weighted by atomic mass is 127. The highest BCUT2D eigenvalue weighted by Crippen LogP contribution is 2.06. The Hall–Kier alpha value is 0.287. The Labute approximate surface area is 111 Å². The van der Waals surface area contributed by atoms with Crippen LogP contribution >= 0.6 is 50.1 Å². The molecule has 1 heterocycles. The minimum absolute atomic E-state index is 0.348. The van der Waals surface area contributed by atoms with Crippen molar-refractivity contribution in [3.05, 3.63) is 16.4 Å². The normalized spacial score (nSPS) is 10.2. The molecular formula is C7H5BrClIN3Si. The molecule has 1 radical (unpaired) electrons. The van der Waals surface area contributed by atoms with Crippen molar-refractivity contribution in [3.8, 4) is 6.07 Å². The summed E-state index contributed by atoms with van der Waals surface area (Å²) in [6, 6.07) is 3.74. The molecular weight excluding hydrogens is 396 g/mol. The third kappa shape index (κ3) is 2.89. The van der Waals surface area contributed by atoms with Gasteiger partial charge in [-0.05, 0) is 31.2 Å². The van der Waals surface area contributed by atoms with E-state index in [0.717, 1.165) is 9.24 Å². The van der Waals surface area contributed by atoms with Gasteiger partial charge in [0, 0.05) is 5.50 Å². The maximum Gasteiger partial charge on any atom is 0.163 e. The molecule has 0 aromatic carbocycles. The molecule has 7 heteroatoms. The van der Waals surface area contributed by atoms with Crippen LogP contribution in [-0.2, 0) is 0 Å². The topological polar surface area (TPSA) is 49.6 Å². The summed E-state index contributed by atoms with van der Waals surface area (Å²) in [5, 5.41) is 17.3. The smallest absolute Gasteiger partial charge is 0.163 e. The Morgan fingerprint density at radius 2 is 2.36 bits per heavy atom. The maximum absolute atomic E-state index is 8.69. The standard InChI is InChI=1S/C7H5BrClIN3Si/c8-7-6(14(3-9)4-10)1-5(2-11)12-13-7/h1H,3-4H2. The van der Waals surface area contributed by atoms with Gasteiger partial charge in [0.1, 0.15) is 19.5 Å². The van der Waals surface area contributed by atoms with Gasteiger partial charge in [0.15, 0.2) is 5.69 Å². The molecule has 0 N–H and O–H groups in total. The number of rotatable bonds is 3. The zero-order valence-electron chi connectivity index (χ0n) is 6.97. The molecule has 0 aliphatic carbocycles. The number of hydrogen-bond acceptors (Lipinski definition) is 3. The summed E-state index contributed by atoms with van der Waals surface area (Å²) in [6.45, 7) is 0. The first kappa shape index (κ1) is 12.4. The molecule has 0 saturated carbocycles. The van der Waals surface area contributed by atoms with Crippen LogP contribution in [0.15, 0.2) is 10.7 Å². The minimum atomic E-state index is -0.811. The Balaban J connectivity index is 3.12. The molecule has 0 aliphatic heterocycles. The number of hydrogen-bond donors (Lipinski definition) is 0. The molecule has 0 spiro atoms. The molecule has 73 valence electrons. The van der Waals surface area contributed by atoms with E-state index in [4.69, 9.17) is 16.9 Å². The molecule has 0 atom stereocenters. The van der Waals surface area contributed by atoms with Crippen molar-refractivity contribution in [1.29, 1.82) is 5.26 Å². The van der Waals surface area contributed by atoms with E-state index in [0.29, 0.717) is 15.8 Å². The first-order chi connectivity index (χ1) is 6.72. The van der Waals surface area contributed by atoms with Crippen molar-refractivity contribution in [2.24, 2.45) is 0 Å². The predicted molar refractivity (Wildman–Crippen MR) is 69.4 cm³/mol. The lowest BCUT2D eigenvalue weighted by Crippen LogP contribution is -2.36. The van der Waals surface area contributed by atoms with E-state index < -0.39 is 8.80 Å². The van der Waals surface area contributed by atoms with Crippen molar-refractivity contribution < 1.29 is 0 Å². The van der Waals surface area contributed by atoms with Crippen molar-refractivity contribution in [2.75, 3.05) is 9.55 Å². The van der Waals surface area contributed by atoms with Gasteiger partial charge >= 0.3 is 0 Å².